The summed E-state index contributed by atoms with van der Waals surface area (Å²) in [7, 11) is 0. The highest BCUT2D eigenvalue weighted by atomic mass is 16.5. The number of nitrogens with one attached hydrogen (secondary N) is 2. The Hall–Kier alpha value is -2.30. The molecule has 5 heteroatoms. The number of carbonyl (C=O) groups excluding carboxylic acids is 2. The second-order valence-corrected chi connectivity index (χ2v) is 4.40. The number of esters is 1. The number of hydrogen-bond acceptors (Lipinski definition) is 3. The zero-order chi connectivity index (χ0) is 14.5. The van der Waals surface area contributed by atoms with E-state index in [0.717, 1.165) is 16.5 Å². The van der Waals surface area contributed by atoms with Crippen molar-refractivity contribution in [2.24, 2.45) is 0 Å². The molecule has 106 valence electrons. The number of para-hydroxylation sites is 1. The van der Waals surface area contributed by atoms with Crippen LogP contribution in [0.3, 0.4) is 0 Å². The number of aromatic nitrogens is 1. The number of H-pyrrole nitrogens is 1. The molecule has 1 aromatic carbocycles. The van der Waals surface area contributed by atoms with Crippen molar-refractivity contribution >= 4 is 22.8 Å². The van der Waals surface area contributed by atoms with Crippen molar-refractivity contribution in [2.45, 2.75) is 26.3 Å². The van der Waals surface area contributed by atoms with Crippen LogP contribution >= 0.6 is 0 Å². The zero-order valence-electron chi connectivity index (χ0n) is 11.6. The van der Waals surface area contributed by atoms with Crippen LogP contribution in [0.25, 0.3) is 10.9 Å². The minimum atomic E-state index is -0.779. The Labute approximate surface area is 117 Å². The van der Waals surface area contributed by atoms with Gasteiger partial charge < -0.3 is 15.0 Å². The summed E-state index contributed by atoms with van der Waals surface area (Å²) in [5, 5.41) is 3.62. The first-order valence-electron chi connectivity index (χ1n) is 6.69. The highest BCUT2D eigenvalue weighted by molar-refractivity contribution is 5.92. The molecule has 0 radical (unpaired) electrons. The molecule has 1 amide bonds. The number of ether oxygens (including phenoxy) is 1. The summed E-state index contributed by atoms with van der Waals surface area (Å²) in [5.41, 5.74) is 1.64. The van der Waals surface area contributed by atoms with Gasteiger partial charge in [0, 0.05) is 29.1 Å². The smallest absolute Gasteiger partial charge is 0.333 e. The summed E-state index contributed by atoms with van der Waals surface area (Å²) >= 11 is 0. The van der Waals surface area contributed by atoms with Gasteiger partial charge in [0.05, 0.1) is 6.61 Å². The van der Waals surface area contributed by atoms with Crippen LogP contribution in [0.15, 0.2) is 30.5 Å². The number of fused-ring (bicyclic) bond motifs is 1. The van der Waals surface area contributed by atoms with E-state index in [4.69, 9.17) is 4.74 Å². The minimum absolute atomic E-state index is 0.187. The normalized spacial score (nSPS) is 12.1. The number of carbonyl (C=O) groups is 2. The molecular formula is C15H18N2O3. The molecule has 0 spiro atoms. The first kappa shape index (κ1) is 14.1. The fourth-order valence-electron chi connectivity index (χ4n) is 2.09. The van der Waals surface area contributed by atoms with E-state index in [1.807, 2.05) is 24.3 Å². The van der Waals surface area contributed by atoms with E-state index in [9.17, 15) is 9.59 Å². The maximum absolute atomic E-state index is 12.1. The topological polar surface area (TPSA) is 71.2 Å². The van der Waals surface area contributed by atoms with Crippen molar-refractivity contribution in [1.82, 2.24) is 10.3 Å². The van der Waals surface area contributed by atoms with Crippen LogP contribution in [0.2, 0.25) is 0 Å². The lowest BCUT2D eigenvalue weighted by Gasteiger charge is -2.16. The standard InChI is InChI=1S/C15H18N2O3/c1-3-13(18)17-14(15(19)20-4-2)11-9-16-12-8-6-5-7-10(11)12/h5-9,14,16H,3-4H2,1-2H3,(H,17,18). The van der Waals surface area contributed by atoms with Crippen LogP contribution in [-0.4, -0.2) is 23.5 Å². The van der Waals surface area contributed by atoms with Crippen molar-refractivity contribution < 1.29 is 14.3 Å². The minimum Gasteiger partial charge on any atom is -0.464 e. The first-order valence-corrected chi connectivity index (χ1v) is 6.69. The predicted molar refractivity (Wildman–Crippen MR) is 76.1 cm³/mol. The lowest BCUT2D eigenvalue weighted by Crippen LogP contribution is -2.34. The van der Waals surface area contributed by atoms with Gasteiger partial charge in [-0.3, -0.25) is 4.79 Å². The van der Waals surface area contributed by atoms with E-state index in [1.165, 1.54) is 0 Å². The van der Waals surface area contributed by atoms with Gasteiger partial charge >= 0.3 is 5.97 Å². The van der Waals surface area contributed by atoms with Gasteiger partial charge in [-0.05, 0) is 13.0 Å². The van der Waals surface area contributed by atoms with Gasteiger partial charge in [0.25, 0.3) is 0 Å². The molecule has 20 heavy (non-hydrogen) atoms. The Morgan fingerprint density at radius 3 is 2.75 bits per heavy atom. The van der Waals surface area contributed by atoms with E-state index < -0.39 is 12.0 Å². The molecule has 1 atom stereocenters. The van der Waals surface area contributed by atoms with Crippen LogP contribution in [0.1, 0.15) is 31.9 Å². The van der Waals surface area contributed by atoms with Crippen molar-refractivity contribution in [3.05, 3.63) is 36.0 Å². The van der Waals surface area contributed by atoms with Crippen molar-refractivity contribution in [3.8, 4) is 0 Å². The third kappa shape index (κ3) is 2.82. The van der Waals surface area contributed by atoms with Gasteiger partial charge in [-0.25, -0.2) is 4.79 Å². The summed E-state index contributed by atoms with van der Waals surface area (Å²) < 4.78 is 5.05. The van der Waals surface area contributed by atoms with Gasteiger partial charge in [-0.1, -0.05) is 25.1 Å². The molecule has 0 bridgehead atoms. The average molecular weight is 274 g/mol. The third-order valence-electron chi connectivity index (χ3n) is 3.08. The largest absolute Gasteiger partial charge is 0.464 e. The molecule has 0 saturated carbocycles. The summed E-state index contributed by atoms with van der Waals surface area (Å²) in [4.78, 5) is 26.8. The second kappa shape index (κ2) is 6.23. The van der Waals surface area contributed by atoms with Gasteiger partial charge in [-0.2, -0.15) is 0 Å². The van der Waals surface area contributed by atoms with Gasteiger partial charge in [0.15, 0.2) is 6.04 Å². The summed E-state index contributed by atoms with van der Waals surface area (Å²) in [6.07, 6.45) is 2.06. The summed E-state index contributed by atoms with van der Waals surface area (Å²) in [6.45, 7) is 3.76. The zero-order valence-corrected chi connectivity index (χ0v) is 11.6. The maximum Gasteiger partial charge on any atom is 0.333 e. The van der Waals surface area contributed by atoms with Crippen LogP contribution in [0.4, 0.5) is 0 Å². The molecule has 2 aromatic rings. The van der Waals surface area contributed by atoms with E-state index in [2.05, 4.69) is 10.3 Å². The molecule has 1 aromatic heterocycles. The molecule has 2 rings (SSSR count). The van der Waals surface area contributed by atoms with Crippen LogP contribution in [0.5, 0.6) is 0 Å². The van der Waals surface area contributed by atoms with E-state index >= 15 is 0 Å². The Balaban J connectivity index is 2.39. The molecular weight excluding hydrogens is 256 g/mol. The lowest BCUT2D eigenvalue weighted by molar-refractivity contribution is -0.147. The lowest BCUT2D eigenvalue weighted by atomic mass is 10.1. The third-order valence-corrected chi connectivity index (χ3v) is 3.08. The Morgan fingerprint density at radius 2 is 2.05 bits per heavy atom. The molecule has 0 aliphatic heterocycles. The SMILES string of the molecule is CCOC(=O)C(NC(=O)CC)c1c[nH]c2ccccc12. The Bertz CT molecular complexity index is 618. The van der Waals surface area contributed by atoms with Gasteiger partial charge in [0.2, 0.25) is 5.91 Å². The van der Waals surface area contributed by atoms with Crippen LogP contribution in [0, 0.1) is 0 Å². The molecule has 1 unspecified atom stereocenters. The monoisotopic (exact) mass is 274 g/mol. The van der Waals surface area contributed by atoms with Crippen molar-refractivity contribution in [1.29, 1.82) is 0 Å². The molecule has 0 saturated heterocycles. The molecule has 1 heterocycles. The van der Waals surface area contributed by atoms with Crippen molar-refractivity contribution in [2.75, 3.05) is 6.61 Å². The number of amides is 1. The predicted octanol–water partition coefficient (Wildman–Crippen LogP) is 2.30. The number of rotatable bonds is 5. The molecule has 5 nitrogen and oxygen atoms in total. The van der Waals surface area contributed by atoms with E-state index in [0.29, 0.717) is 6.42 Å². The maximum atomic E-state index is 12.1. The molecule has 0 aliphatic carbocycles. The molecule has 2 N–H and O–H groups in total. The highest BCUT2D eigenvalue weighted by Crippen LogP contribution is 2.25. The van der Waals surface area contributed by atoms with Crippen LogP contribution < -0.4 is 5.32 Å². The fourth-order valence-corrected chi connectivity index (χ4v) is 2.09. The fraction of sp³-hybridized carbons (Fsp3) is 0.333. The Kier molecular flexibility index (Phi) is 4.40. The van der Waals surface area contributed by atoms with Gasteiger partial charge in [0.1, 0.15) is 0 Å². The summed E-state index contributed by atoms with van der Waals surface area (Å²) in [5.74, 6) is -0.632. The molecule has 0 aliphatic rings. The van der Waals surface area contributed by atoms with Gasteiger partial charge in [-0.15, -0.1) is 0 Å². The quantitative estimate of drug-likeness (QED) is 0.822. The molecule has 0 fully saturated rings. The Morgan fingerprint density at radius 1 is 1.30 bits per heavy atom. The summed E-state index contributed by atoms with van der Waals surface area (Å²) in [6, 6.07) is 6.85. The van der Waals surface area contributed by atoms with E-state index in [1.54, 1.807) is 20.0 Å². The number of aromatic amines is 1. The van der Waals surface area contributed by atoms with Crippen LogP contribution in [-0.2, 0) is 14.3 Å². The second-order valence-electron chi connectivity index (χ2n) is 4.40. The number of benzene rings is 1. The average Bonchev–Trinajstić information content (AvgIpc) is 2.88. The van der Waals surface area contributed by atoms with Crippen molar-refractivity contribution in [3.63, 3.8) is 0 Å². The first-order chi connectivity index (χ1) is 9.67. The number of hydrogen-bond donors (Lipinski definition) is 2. The van der Waals surface area contributed by atoms with E-state index in [-0.39, 0.29) is 12.5 Å². The highest BCUT2D eigenvalue weighted by Gasteiger charge is 2.26.